The second-order valence-electron chi connectivity index (χ2n) is 5.68. The number of carboxylic acid groups (broad SMARTS) is 2. The molecule has 1 aromatic carbocycles. The minimum atomic E-state index is -1.06. The molecular formula is C16H21NO5. The van der Waals surface area contributed by atoms with E-state index in [9.17, 15) is 14.4 Å². The van der Waals surface area contributed by atoms with Gasteiger partial charge in [0.25, 0.3) is 0 Å². The smallest absolute Gasteiger partial charge is 0.335 e. The van der Waals surface area contributed by atoms with Crippen LogP contribution in [0.25, 0.3) is 0 Å². The summed E-state index contributed by atoms with van der Waals surface area (Å²) in [7, 11) is 0. The zero-order valence-electron chi connectivity index (χ0n) is 12.9. The van der Waals surface area contributed by atoms with Gasteiger partial charge in [0.05, 0.1) is 11.5 Å². The third-order valence-electron chi connectivity index (χ3n) is 3.37. The molecule has 6 nitrogen and oxygen atoms in total. The molecule has 0 fully saturated rings. The van der Waals surface area contributed by atoms with E-state index in [1.807, 2.05) is 13.8 Å². The largest absolute Gasteiger partial charge is 0.480 e. The summed E-state index contributed by atoms with van der Waals surface area (Å²) >= 11 is 0. The van der Waals surface area contributed by atoms with Gasteiger partial charge in [0.1, 0.15) is 6.04 Å². The highest BCUT2D eigenvalue weighted by Crippen LogP contribution is 2.17. The molecule has 0 aliphatic rings. The van der Waals surface area contributed by atoms with Crippen LogP contribution in [-0.2, 0) is 9.59 Å². The zero-order valence-corrected chi connectivity index (χ0v) is 12.9. The summed E-state index contributed by atoms with van der Waals surface area (Å²) < 4.78 is 0. The second-order valence-corrected chi connectivity index (χ2v) is 5.68. The van der Waals surface area contributed by atoms with E-state index in [2.05, 4.69) is 5.32 Å². The molecule has 0 aliphatic heterocycles. The summed E-state index contributed by atoms with van der Waals surface area (Å²) in [5.74, 6) is -2.90. The molecule has 120 valence electrons. The maximum atomic E-state index is 12.2. The highest BCUT2D eigenvalue weighted by atomic mass is 16.4. The molecule has 1 rings (SSSR count). The van der Waals surface area contributed by atoms with Crippen molar-refractivity contribution in [2.24, 2.45) is 5.92 Å². The van der Waals surface area contributed by atoms with Crippen molar-refractivity contribution in [2.45, 2.75) is 39.2 Å². The maximum absolute atomic E-state index is 12.2. The Kier molecular flexibility index (Phi) is 6.10. The van der Waals surface area contributed by atoms with E-state index in [1.54, 1.807) is 19.1 Å². The molecule has 2 atom stereocenters. The Hall–Kier alpha value is -2.37. The average molecular weight is 307 g/mol. The molecule has 0 aliphatic carbocycles. The number of hydrogen-bond donors (Lipinski definition) is 3. The first-order valence-electron chi connectivity index (χ1n) is 7.08. The molecule has 1 amide bonds. The van der Waals surface area contributed by atoms with Crippen LogP contribution in [0.1, 0.15) is 49.0 Å². The van der Waals surface area contributed by atoms with E-state index in [1.165, 1.54) is 12.1 Å². The lowest BCUT2D eigenvalue weighted by Gasteiger charge is -2.19. The predicted molar refractivity (Wildman–Crippen MR) is 80.8 cm³/mol. The standard InChI is InChI=1S/C16H21NO5/c1-9(2)8-13(16(21)22)17-14(18)10(3)11-4-6-12(7-5-11)15(19)20/h4-7,9-10,13H,8H2,1-3H3,(H,17,18)(H,19,20)(H,21,22)/t10?,13-/m0/s1. The topological polar surface area (TPSA) is 104 Å². The van der Waals surface area contributed by atoms with Crippen LogP contribution >= 0.6 is 0 Å². The molecule has 0 saturated heterocycles. The number of amides is 1. The highest BCUT2D eigenvalue weighted by Gasteiger charge is 2.24. The van der Waals surface area contributed by atoms with Crippen LogP contribution in [-0.4, -0.2) is 34.1 Å². The molecule has 0 bridgehead atoms. The van der Waals surface area contributed by atoms with E-state index < -0.39 is 29.8 Å². The Morgan fingerprint density at radius 2 is 1.59 bits per heavy atom. The maximum Gasteiger partial charge on any atom is 0.335 e. The highest BCUT2D eigenvalue weighted by molar-refractivity contribution is 5.89. The van der Waals surface area contributed by atoms with Crippen LogP contribution in [0.5, 0.6) is 0 Å². The zero-order chi connectivity index (χ0) is 16.9. The fraction of sp³-hybridized carbons (Fsp3) is 0.438. The number of aromatic carboxylic acids is 1. The van der Waals surface area contributed by atoms with Gasteiger partial charge in [-0.05, 0) is 37.0 Å². The lowest BCUT2D eigenvalue weighted by atomic mass is 9.97. The normalized spacial score (nSPS) is 13.5. The van der Waals surface area contributed by atoms with Crippen LogP contribution in [0.2, 0.25) is 0 Å². The van der Waals surface area contributed by atoms with Crippen LogP contribution < -0.4 is 5.32 Å². The monoisotopic (exact) mass is 307 g/mol. The molecule has 1 aromatic rings. The minimum absolute atomic E-state index is 0.138. The Morgan fingerprint density at radius 3 is 2.00 bits per heavy atom. The van der Waals surface area contributed by atoms with Gasteiger partial charge in [0.2, 0.25) is 5.91 Å². The number of nitrogens with one attached hydrogen (secondary N) is 1. The quantitative estimate of drug-likeness (QED) is 0.715. The summed E-state index contributed by atoms with van der Waals surface area (Å²) in [4.78, 5) is 34.1. The van der Waals surface area contributed by atoms with Gasteiger partial charge in [-0.15, -0.1) is 0 Å². The predicted octanol–water partition coefficient (Wildman–Crippen LogP) is 2.10. The van der Waals surface area contributed by atoms with Crippen LogP contribution in [0.15, 0.2) is 24.3 Å². The third kappa shape index (κ3) is 4.87. The van der Waals surface area contributed by atoms with Crippen LogP contribution in [0.4, 0.5) is 0 Å². The molecule has 6 heteroatoms. The van der Waals surface area contributed by atoms with Crippen molar-refractivity contribution >= 4 is 17.8 Å². The van der Waals surface area contributed by atoms with Crippen molar-refractivity contribution in [3.63, 3.8) is 0 Å². The summed E-state index contributed by atoms with van der Waals surface area (Å²) in [5.41, 5.74) is 0.774. The van der Waals surface area contributed by atoms with E-state index in [0.29, 0.717) is 12.0 Å². The molecular weight excluding hydrogens is 286 g/mol. The summed E-state index contributed by atoms with van der Waals surface area (Å²) in [6.07, 6.45) is 0.353. The minimum Gasteiger partial charge on any atom is -0.480 e. The van der Waals surface area contributed by atoms with E-state index in [0.717, 1.165) is 0 Å². The van der Waals surface area contributed by atoms with Crippen molar-refractivity contribution in [1.29, 1.82) is 0 Å². The molecule has 22 heavy (non-hydrogen) atoms. The first kappa shape index (κ1) is 17.7. The fourth-order valence-corrected chi connectivity index (χ4v) is 2.06. The number of carbonyl (C=O) groups excluding carboxylic acids is 1. The number of benzene rings is 1. The average Bonchev–Trinajstić information content (AvgIpc) is 2.45. The fourth-order valence-electron chi connectivity index (χ4n) is 2.06. The van der Waals surface area contributed by atoms with Gasteiger partial charge in [-0.1, -0.05) is 26.0 Å². The Bertz CT molecular complexity index is 550. The Labute approximate surface area is 129 Å². The van der Waals surface area contributed by atoms with E-state index >= 15 is 0 Å². The second kappa shape index (κ2) is 7.59. The first-order chi connectivity index (χ1) is 10.2. The van der Waals surface area contributed by atoms with Crippen molar-refractivity contribution < 1.29 is 24.6 Å². The van der Waals surface area contributed by atoms with Crippen LogP contribution in [0.3, 0.4) is 0 Å². The SMILES string of the molecule is CC(C)C[C@H](NC(=O)C(C)c1ccc(C(=O)O)cc1)C(=O)O. The van der Waals surface area contributed by atoms with E-state index in [-0.39, 0.29) is 11.5 Å². The number of carboxylic acids is 2. The summed E-state index contributed by atoms with van der Waals surface area (Å²) in [6, 6.07) is 5.04. The Balaban J connectivity index is 2.78. The van der Waals surface area contributed by atoms with Gasteiger partial charge in [0, 0.05) is 0 Å². The molecule has 0 spiro atoms. The van der Waals surface area contributed by atoms with Gasteiger partial charge < -0.3 is 15.5 Å². The van der Waals surface area contributed by atoms with Gasteiger partial charge in [-0.25, -0.2) is 9.59 Å². The lowest BCUT2D eigenvalue weighted by molar-refractivity contribution is -0.142. The summed E-state index contributed by atoms with van der Waals surface area (Å²) in [6.45, 7) is 5.42. The van der Waals surface area contributed by atoms with Crippen molar-refractivity contribution in [3.05, 3.63) is 35.4 Å². The number of carbonyl (C=O) groups is 3. The van der Waals surface area contributed by atoms with Gasteiger partial charge >= 0.3 is 11.9 Å². The first-order valence-corrected chi connectivity index (χ1v) is 7.08. The van der Waals surface area contributed by atoms with Crippen molar-refractivity contribution in [2.75, 3.05) is 0 Å². The van der Waals surface area contributed by atoms with Crippen molar-refractivity contribution in [1.82, 2.24) is 5.32 Å². The number of hydrogen-bond acceptors (Lipinski definition) is 3. The lowest BCUT2D eigenvalue weighted by Crippen LogP contribution is -2.43. The Morgan fingerprint density at radius 1 is 1.05 bits per heavy atom. The molecule has 0 saturated carbocycles. The van der Waals surface area contributed by atoms with Gasteiger partial charge in [0.15, 0.2) is 0 Å². The molecule has 0 aromatic heterocycles. The van der Waals surface area contributed by atoms with Gasteiger partial charge in [-0.3, -0.25) is 4.79 Å². The number of rotatable bonds is 7. The third-order valence-corrected chi connectivity index (χ3v) is 3.37. The summed E-state index contributed by atoms with van der Waals surface area (Å²) in [5, 5.41) is 20.5. The molecule has 0 heterocycles. The molecule has 0 radical (unpaired) electrons. The van der Waals surface area contributed by atoms with Crippen LogP contribution in [0, 0.1) is 5.92 Å². The number of aliphatic carboxylic acids is 1. The molecule has 1 unspecified atom stereocenters. The molecule has 3 N–H and O–H groups in total. The van der Waals surface area contributed by atoms with Gasteiger partial charge in [-0.2, -0.15) is 0 Å². The van der Waals surface area contributed by atoms with E-state index in [4.69, 9.17) is 10.2 Å². The van der Waals surface area contributed by atoms with Crippen molar-refractivity contribution in [3.8, 4) is 0 Å².